The summed E-state index contributed by atoms with van der Waals surface area (Å²) in [4.78, 5) is 31.4. The minimum atomic E-state index is -4.52. The van der Waals surface area contributed by atoms with Gasteiger partial charge < -0.3 is 20.1 Å². The van der Waals surface area contributed by atoms with Gasteiger partial charge >= 0.3 is 6.18 Å². The van der Waals surface area contributed by atoms with Gasteiger partial charge in [0.15, 0.2) is 0 Å². The second-order valence-corrected chi connectivity index (χ2v) is 16.0. The first-order valence-corrected chi connectivity index (χ1v) is 18.5. The van der Waals surface area contributed by atoms with Crippen molar-refractivity contribution in [1.29, 1.82) is 0 Å². The van der Waals surface area contributed by atoms with E-state index in [0.717, 1.165) is 95.5 Å². The molecule has 4 aliphatic carbocycles. The van der Waals surface area contributed by atoms with Crippen LogP contribution in [0.4, 0.5) is 13.2 Å². The molecule has 0 aromatic rings. The highest BCUT2D eigenvalue weighted by Gasteiger charge is 2.60. The van der Waals surface area contributed by atoms with Crippen LogP contribution >= 0.6 is 22.6 Å². The number of nitrogens with one attached hydrogen (secondary N) is 1. The lowest BCUT2D eigenvalue weighted by atomic mass is 9.55. The molecule has 5 aliphatic rings. The van der Waals surface area contributed by atoms with Crippen molar-refractivity contribution < 1.29 is 32.6 Å². The maximum Gasteiger partial charge on any atom is 0.405 e. The number of hydrogen-bond acceptors (Lipinski definition) is 4. The summed E-state index contributed by atoms with van der Waals surface area (Å²) in [5.74, 6) is -0.0344. The number of rotatable bonds is 9. The van der Waals surface area contributed by atoms with Gasteiger partial charge in [0.2, 0.25) is 11.8 Å². The maximum absolute atomic E-state index is 14.8. The van der Waals surface area contributed by atoms with E-state index < -0.39 is 30.1 Å². The van der Waals surface area contributed by atoms with Crippen molar-refractivity contribution in [3.05, 3.63) is 11.1 Å². The molecule has 1 heterocycles. The Bertz CT molecular complexity index is 1050. The minimum absolute atomic E-state index is 0.00308. The smallest absolute Gasteiger partial charge is 0.396 e. The molecule has 5 rings (SSSR count). The predicted octanol–water partition coefficient (Wildman–Crippen LogP) is 7.12. The van der Waals surface area contributed by atoms with Gasteiger partial charge in [0, 0.05) is 35.7 Å². The normalized spacial score (nSPS) is 37.1. The molecule has 3 fully saturated rings. The number of halogens is 4. The molecule has 6 nitrogen and oxygen atoms in total. The zero-order chi connectivity index (χ0) is 31.5. The van der Waals surface area contributed by atoms with E-state index in [1.807, 2.05) is 4.90 Å². The van der Waals surface area contributed by atoms with E-state index in [-0.39, 0.29) is 42.3 Å². The lowest BCUT2D eigenvalue weighted by Crippen LogP contribution is -2.66. The third kappa shape index (κ3) is 7.32. The highest BCUT2D eigenvalue weighted by molar-refractivity contribution is 14.1. The van der Waals surface area contributed by atoms with Gasteiger partial charge in [0.1, 0.15) is 6.54 Å². The summed E-state index contributed by atoms with van der Waals surface area (Å²) in [5.41, 5.74) is 0.359. The molecule has 4 unspecified atom stereocenters. The number of hydrogen-bond donors (Lipinski definition) is 2. The first-order valence-electron chi connectivity index (χ1n) is 17.2. The Kier molecular flexibility index (Phi) is 11.7. The van der Waals surface area contributed by atoms with Crippen LogP contribution in [0.5, 0.6) is 0 Å². The molecule has 3 saturated carbocycles. The Morgan fingerprint density at radius 2 is 1.64 bits per heavy atom. The lowest BCUT2D eigenvalue weighted by Gasteiger charge is -2.57. The molecule has 2 N–H and O–H groups in total. The number of methoxy groups -OCH3 is 1. The maximum atomic E-state index is 14.8. The molecule has 10 heteroatoms. The fraction of sp³-hybridized carbons (Fsp3) is 0.882. The van der Waals surface area contributed by atoms with Crippen LogP contribution in [0.25, 0.3) is 0 Å². The molecule has 0 spiro atoms. The van der Waals surface area contributed by atoms with Crippen molar-refractivity contribution in [3.8, 4) is 0 Å². The van der Waals surface area contributed by atoms with E-state index in [9.17, 15) is 27.9 Å². The Hall–Kier alpha value is -0.880. The lowest BCUT2D eigenvalue weighted by molar-refractivity contribution is -0.156. The molecule has 1 aliphatic heterocycles. The first-order chi connectivity index (χ1) is 21.1. The van der Waals surface area contributed by atoms with Gasteiger partial charge in [-0.3, -0.25) is 9.59 Å². The van der Waals surface area contributed by atoms with Crippen molar-refractivity contribution in [2.24, 2.45) is 29.1 Å². The van der Waals surface area contributed by atoms with Gasteiger partial charge in [0.25, 0.3) is 0 Å². The second kappa shape index (κ2) is 14.9. The number of nitrogens with zero attached hydrogens (tertiary/aromatic N) is 1. The number of aliphatic hydroxyl groups is 1. The molecule has 0 saturated heterocycles. The summed E-state index contributed by atoms with van der Waals surface area (Å²) < 4.78 is 47.4. The summed E-state index contributed by atoms with van der Waals surface area (Å²) >= 11 is 2.50. The fourth-order valence-electron chi connectivity index (χ4n) is 9.62. The monoisotopic (exact) mass is 736 g/mol. The van der Waals surface area contributed by atoms with Gasteiger partial charge in [-0.2, -0.15) is 13.2 Å². The Balaban J connectivity index is 1.66. The zero-order valence-electron chi connectivity index (χ0n) is 26.3. The van der Waals surface area contributed by atoms with E-state index in [1.165, 1.54) is 0 Å². The van der Waals surface area contributed by atoms with Crippen LogP contribution in [0.15, 0.2) is 11.1 Å². The van der Waals surface area contributed by atoms with Crippen molar-refractivity contribution in [1.82, 2.24) is 10.2 Å². The van der Waals surface area contributed by atoms with Gasteiger partial charge in [-0.25, -0.2) is 0 Å². The van der Waals surface area contributed by atoms with Gasteiger partial charge in [0.05, 0.1) is 17.6 Å². The Morgan fingerprint density at radius 1 is 0.977 bits per heavy atom. The second-order valence-electron chi connectivity index (χ2n) is 14.4. The van der Waals surface area contributed by atoms with E-state index in [0.29, 0.717) is 35.3 Å². The highest BCUT2D eigenvalue weighted by Crippen LogP contribution is 2.56. The van der Waals surface area contributed by atoms with Gasteiger partial charge in [-0.15, -0.1) is 0 Å². The van der Waals surface area contributed by atoms with Crippen molar-refractivity contribution in [2.75, 3.05) is 26.8 Å². The number of carbonyl (C=O) groups is 2. The summed E-state index contributed by atoms with van der Waals surface area (Å²) in [6.45, 7) is -0.769. The van der Waals surface area contributed by atoms with E-state index in [2.05, 4.69) is 27.9 Å². The molecule has 250 valence electrons. The molecule has 44 heavy (non-hydrogen) atoms. The van der Waals surface area contributed by atoms with Gasteiger partial charge in [-0.1, -0.05) is 48.3 Å². The van der Waals surface area contributed by atoms with E-state index in [4.69, 9.17) is 4.74 Å². The number of aliphatic hydroxyl groups excluding tert-OH is 1. The van der Waals surface area contributed by atoms with E-state index in [1.54, 1.807) is 7.11 Å². The number of ether oxygens (including phenoxy) is 1. The van der Waals surface area contributed by atoms with Crippen LogP contribution in [0, 0.1) is 29.1 Å². The molecule has 0 aromatic heterocycles. The third-order valence-corrected chi connectivity index (χ3v) is 13.4. The van der Waals surface area contributed by atoms with Crippen molar-refractivity contribution in [2.45, 2.75) is 131 Å². The Labute approximate surface area is 274 Å². The zero-order valence-corrected chi connectivity index (χ0v) is 28.5. The molecular formula is C34H52F3IN2O4. The Morgan fingerprint density at radius 3 is 2.30 bits per heavy atom. The van der Waals surface area contributed by atoms with Crippen molar-refractivity contribution in [3.63, 3.8) is 0 Å². The molecule has 0 radical (unpaired) electrons. The molecule has 6 atom stereocenters. The summed E-state index contributed by atoms with van der Waals surface area (Å²) in [6, 6.07) is -0.496. The fourth-order valence-corrected chi connectivity index (χ4v) is 10.7. The SMILES string of the molecule is COC1CCCCC1CN1C(=O)C2=C(CCCC2)[C@](CC2CCCCC2I)(C(=O)NCC(F)(F)F)[C@@H]1C1CCC(CO)CC1. The highest BCUT2D eigenvalue weighted by atomic mass is 127. The number of amides is 2. The number of carbonyl (C=O) groups excluding carboxylic acids is 2. The van der Waals surface area contributed by atoms with Crippen LogP contribution in [0.1, 0.15) is 109 Å². The average Bonchev–Trinajstić information content (AvgIpc) is 3.03. The summed E-state index contributed by atoms with van der Waals surface area (Å²) in [5, 5.41) is 12.3. The molecular weight excluding hydrogens is 684 g/mol. The van der Waals surface area contributed by atoms with Crippen molar-refractivity contribution >= 4 is 34.4 Å². The standard InChI is InChI=1S/C34H52F3IN2O4/c1-44-29-13-7-3-9-25(29)19-40-30(23-16-14-22(20-41)15-17-23)33(32(43)39-21-34(35,36)37,18-24-8-2-6-12-28(24)38)27-11-5-4-10-26(27)31(40)42/h22-25,28-30,41H,2-21H2,1H3,(H,39,43)/t22?,23?,24?,25?,28?,29?,30-,33-/m0/s1. The van der Waals surface area contributed by atoms with Crippen LogP contribution in [0.2, 0.25) is 0 Å². The van der Waals surface area contributed by atoms with Gasteiger partial charge in [-0.05, 0) is 107 Å². The minimum Gasteiger partial charge on any atom is -0.396 e. The molecule has 0 aromatic carbocycles. The van der Waals surface area contributed by atoms with E-state index >= 15 is 0 Å². The van der Waals surface area contributed by atoms with Crippen LogP contribution in [0.3, 0.4) is 0 Å². The first kappa shape index (κ1) is 34.5. The predicted molar refractivity (Wildman–Crippen MR) is 172 cm³/mol. The number of alkyl halides is 4. The van der Waals surface area contributed by atoms with Crippen LogP contribution in [-0.4, -0.2) is 70.9 Å². The largest absolute Gasteiger partial charge is 0.405 e. The van der Waals surface area contributed by atoms with Crippen LogP contribution in [-0.2, 0) is 14.3 Å². The molecule has 0 bridgehead atoms. The summed E-state index contributed by atoms with van der Waals surface area (Å²) in [7, 11) is 1.73. The topological polar surface area (TPSA) is 78.9 Å². The van der Waals surface area contributed by atoms with Crippen LogP contribution < -0.4 is 5.32 Å². The molecule has 2 amide bonds. The average molecular weight is 737 g/mol. The third-order valence-electron chi connectivity index (χ3n) is 11.8. The summed E-state index contributed by atoms with van der Waals surface area (Å²) in [6.07, 6.45) is 10.2. The quantitative estimate of drug-likeness (QED) is 0.195.